The normalized spacial score (nSPS) is 13.7. The summed E-state index contributed by atoms with van der Waals surface area (Å²) in [6.45, 7) is 4.03. The van der Waals surface area contributed by atoms with Gasteiger partial charge in [0.15, 0.2) is 0 Å². The molecule has 0 radical (unpaired) electrons. The van der Waals surface area contributed by atoms with Gasteiger partial charge in [0.05, 0.1) is 12.4 Å². The summed E-state index contributed by atoms with van der Waals surface area (Å²) in [5.74, 6) is 1.05. The van der Waals surface area contributed by atoms with Crippen LogP contribution in [0.15, 0.2) is 24.3 Å². The molecule has 0 bridgehead atoms. The van der Waals surface area contributed by atoms with E-state index in [1.54, 1.807) is 18.9 Å². The molecule has 1 aromatic rings. The fourth-order valence-corrected chi connectivity index (χ4v) is 2.21. The Hall–Kier alpha value is -1.16. The maximum absolute atomic E-state index is 12.1. The van der Waals surface area contributed by atoms with Gasteiger partial charge in [0, 0.05) is 13.1 Å². The van der Waals surface area contributed by atoms with Gasteiger partial charge in [-0.25, -0.2) is 0 Å². The van der Waals surface area contributed by atoms with Crippen molar-refractivity contribution in [1.82, 2.24) is 4.90 Å². The highest BCUT2D eigenvalue weighted by Crippen LogP contribution is 2.16. The van der Waals surface area contributed by atoms with Crippen LogP contribution in [-0.2, 0) is 11.2 Å². The number of carbonyl (C=O) groups excluding carboxylic acids is 1. The van der Waals surface area contributed by atoms with Gasteiger partial charge in [0.25, 0.3) is 0 Å². The Morgan fingerprint density at radius 3 is 2.37 bits per heavy atom. The zero-order valence-electron chi connectivity index (χ0n) is 12.3. The van der Waals surface area contributed by atoms with Gasteiger partial charge in [-0.1, -0.05) is 12.1 Å². The van der Waals surface area contributed by atoms with Crippen LogP contribution in [0.5, 0.6) is 5.75 Å². The molecular weight excluding hydrogens is 258 g/mol. The number of hydrogen-bond acceptors (Lipinski definition) is 3. The average Bonchev–Trinajstić information content (AvgIpc) is 2.45. The van der Waals surface area contributed by atoms with Crippen LogP contribution in [-0.4, -0.2) is 42.5 Å². The third kappa shape index (κ3) is 4.46. The van der Waals surface area contributed by atoms with Crippen molar-refractivity contribution in [3.63, 3.8) is 0 Å². The van der Waals surface area contributed by atoms with Gasteiger partial charge in [-0.3, -0.25) is 4.79 Å². The molecule has 2 atom stereocenters. The fraction of sp³-hybridized carbons (Fsp3) is 0.533. The highest BCUT2D eigenvalue weighted by molar-refractivity contribution is 7.99. The van der Waals surface area contributed by atoms with Crippen LogP contribution in [0, 0.1) is 0 Å². The number of amides is 1. The summed E-state index contributed by atoms with van der Waals surface area (Å²) in [5, 5.41) is 0.0170. The van der Waals surface area contributed by atoms with Gasteiger partial charge in [0.2, 0.25) is 5.91 Å². The second-order valence-electron chi connectivity index (χ2n) is 4.73. The Bertz CT molecular complexity index is 405. The van der Waals surface area contributed by atoms with E-state index in [0.29, 0.717) is 0 Å². The first-order valence-corrected chi connectivity index (χ1v) is 7.70. The minimum absolute atomic E-state index is 0.0170. The van der Waals surface area contributed by atoms with Gasteiger partial charge < -0.3 is 9.64 Å². The third-order valence-corrected chi connectivity index (χ3v) is 4.31. The standard InChI is InChI=1S/C15H23NO2S/c1-11(16(3)15(17)12(2)19-5)10-13-6-8-14(18-4)9-7-13/h6-9,11-12H,10H2,1-5H3. The number of ether oxygens (including phenoxy) is 1. The molecule has 1 amide bonds. The van der Waals surface area contributed by atoms with Gasteiger partial charge in [-0.2, -0.15) is 11.8 Å². The molecule has 0 saturated heterocycles. The zero-order chi connectivity index (χ0) is 14.4. The fourth-order valence-electron chi connectivity index (χ4n) is 1.84. The van der Waals surface area contributed by atoms with Crippen LogP contribution in [0.25, 0.3) is 0 Å². The molecule has 0 aliphatic rings. The molecule has 1 aromatic carbocycles. The van der Waals surface area contributed by atoms with E-state index in [0.717, 1.165) is 12.2 Å². The van der Waals surface area contributed by atoms with Gasteiger partial charge in [-0.15, -0.1) is 0 Å². The largest absolute Gasteiger partial charge is 0.497 e. The average molecular weight is 281 g/mol. The predicted molar refractivity (Wildman–Crippen MR) is 81.9 cm³/mol. The quantitative estimate of drug-likeness (QED) is 0.803. The van der Waals surface area contributed by atoms with Crippen LogP contribution in [0.3, 0.4) is 0 Å². The molecule has 19 heavy (non-hydrogen) atoms. The van der Waals surface area contributed by atoms with Gasteiger partial charge in [0.1, 0.15) is 5.75 Å². The molecule has 0 N–H and O–H groups in total. The smallest absolute Gasteiger partial charge is 0.235 e. The molecule has 3 nitrogen and oxygen atoms in total. The Balaban J connectivity index is 2.62. The van der Waals surface area contributed by atoms with Crippen molar-refractivity contribution in [2.75, 3.05) is 20.4 Å². The zero-order valence-corrected chi connectivity index (χ0v) is 13.2. The first kappa shape index (κ1) is 15.9. The van der Waals surface area contributed by atoms with Crippen molar-refractivity contribution >= 4 is 17.7 Å². The summed E-state index contributed by atoms with van der Waals surface area (Å²) >= 11 is 1.58. The van der Waals surface area contributed by atoms with Crippen molar-refractivity contribution in [3.05, 3.63) is 29.8 Å². The van der Waals surface area contributed by atoms with E-state index in [2.05, 4.69) is 6.92 Å². The third-order valence-electron chi connectivity index (χ3n) is 3.40. The number of hydrogen-bond donors (Lipinski definition) is 0. The van der Waals surface area contributed by atoms with E-state index in [1.165, 1.54) is 5.56 Å². The molecule has 4 heteroatoms. The molecule has 0 aliphatic heterocycles. The second kappa shape index (κ2) is 7.43. The number of likely N-dealkylation sites (N-methyl/N-ethyl adjacent to an activating group) is 1. The molecule has 1 rings (SSSR count). The lowest BCUT2D eigenvalue weighted by Gasteiger charge is -2.27. The maximum Gasteiger partial charge on any atom is 0.235 e. The first-order valence-electron chi connectivity index (χ1n) is 6.42. The maximum atomic E-state index is 12.1. The molecule has 0 spiro atoms. The van der Waals surface area contributed by atoms with Crippen LogP contribution >= 0.6 is 11.8 Å². The lowest BCUT2D eigenvalue weighted by Crippen LogP contribution is -2.40. The van der Waals surface area contributed by atoms with Crippen molar-refractivity contribution in [1.29, 1.82) is 0 Å². The number of rotatable bonds is 6. The van der Waals surface area contributed by atoms with Crippen molar-refractivity contribution < 1.29 is 9.53 Å². The van der Waals surface area contributed by atoms with E-state index in [4.69, 9.17) is 4.74 Å². The molecular formula is C15H23NO2S. The highest BCUT2D eigenvalue weighted by Gasteiger charge is 2.20. The molecule has 106 valence electrons. The minimum Gasteiger partial charge on any atom is -0.497 e. The molecule has 0 heterocycles. The summed E-state index contributed by atoms with van der Waals surface area (Å²) in [4.78, 5) is 13.9. The molecule has 0 aliphatic carbocycles. The molecule has 0 aromatic heterocycles. The summed E-state index contributed by atoms with van der Waals surface area (Å²) in [6, 6.07) is 8.19. The van der Waals surface area contributed by atoms with E-state index in [9.17, 15) is 4.79 Å². The van der Waals surface area contributed by atoms with E-state index in [-0.39, 0.29) is 17.2 Å². The van der Waals surface area contributed by atoms with Gasteiger partial charge in [-0.05, 0) is 44.2 Å². The summed E-state index contributed by atoms with van der Waals surface area (Å²) in [5.41, 5.74) is 1.21. The van der Waals surface area contributed by atoms with E-state index >= 15 is 0 Å². The second-order valence-corrected chi connectivity index (χ2v) is 5.91. The van der Waals surface area contributed by atoms with Crippen LogP contribution in [0.1, 0.15) is 19.4 Å². The Morgan fingerprint density at radius 2 is 1.89 bits per heavy atom. The Morgan fingerprint density at radius 1 is 1.32 bits per heavy atom. The number of benzene rings is 1. The summed E-state index contributed by atoms with van der Waals surface area (Å²) in [6.07, 6.45) is 2.82. The number of thioether (sulfide) groups is 1. The molecule has 2 unspecified atom stereocenters. The Labute approximate surface area is 120 Å². The lowest BCUT2D eigenvalue weighted by atomic mass is 10.1. The van der Waals surface area contributed by atoms with E-state index in [1.807, 2.05) is 49.4 Å². The summed E-state index contributed by atoms with van der Waals surface area (Å²) < 4.78 is 5.14. The molecule has 0 saturated carbocycles. The van der Waals surface area contributed by atoms with Crippen molar-refractivity contribution in [2.24, 2.45) is 0 Å². The van der Waals surface area contributed by atoms with Crippen LogP contribution in [0.4, 0.5) is 0 Å². The highest BCUT2D eigenvalue weighted by atomic mass is 32.2. The monoisotopic (exact) mass is 281 g/mol. The van der Waals surface area contributed by atoms with Crippen molar-refractivity contribution in [2.45, 2.75) is 31.6 Å². The van der Waals surface area contributed by atoms with Crippen molar-refractivity contribution in [3.8, 4) is 5.75 Å². The minimum atomic E-state index is 0.0170. The van der Waals surface area contributed by atoms with Gasteiger partial charge >= 0.3 is 0 Å². The Kier molecular flexibility index (Phi) is 6.22. The lowest BCUT2D eigenvalue weighted by molar-refractivity contribution is -0.130. The number of methoxy groups -OCH3 is 1. The number of carbonyl (C=O) groups is 1. The SMILES string of the molecule is COc1ccc(CC(C)N(C)C(=O)C(C)SC)cc1. The molecule has 0 fully saturated rings. The van der Waals surface area contributed by atoms with Crippen LogP contribution in [0.2, 0.25) is 0 Å². The number of nitrogens with zero attached hydrogens (tertiary/aromatic N) is 1. The summed E-state index contributed by atoms with van der Waals surface area (Å²) in [7, 11) is 3.54. The van der Waals surface area contributed by atoms with E-state index < -0.39 is 0 Å². The first-order chi connectivity index (χ1) is 8.99. The topological polar surface area (TPSA) is 29.5 Å². The van der Waals surface area contributed by atoms with Crippen LogP contribution < -0.4 is 4.74 Å². The predicted octanol–water partition coefficient (Wildman–Crippen LogP) is 2.84.